The van der Waals surface area contributed by atoms with E-state index >= 15 is 0 Å². The van der Waals surface area contributed by atoms with Crippen LogP contribution in [0, 0.1) is 0 Å². The van der Waals surface area contributed by atoms with Crippen LogP contribution in [-0.2, 0) is 6.42 Å². The van der Waals surface area contributed by atoms with Gasteiger partial charge in [0.1, 0.15) is 0 Å². The van der Waals surface area contributed by atoms with Crippen molar-refractivity contribution >= 4 is 33.3 Å². The van der Waals surface area contributed by atoms with Crippen LogP contribution in [0.1, 0.15) is 34.8 Å². The quantitative estimate of drug-likeness (QED) is 0.693. The molecule has 0 aromatic heterocycles. The van der Waals surface area contributed by atoms with E-state index in [2.05, 4.69) is 22.9 Å². The number of carbonyl (C=O) groups is 1. The fourth-order valence-electron chi connectivity index (χ4n) is 1.94. The van der Waals surface area contributed by atoms with E-state index in [-0.39, 0.29) is 5.78 Å². The summed E-state index contributed by atoms with van der Waals surface area (Å²) in [5.74, 6) is -0.0163. The van der Waals surface area contributed by atoms with Crippen molar-refractivity contribution in [3.05, 3.63) is 68.7 Å². The first-order valence-electron chi connectivity index (χ1n) is 6.20. The summed E-state index contributed by atoms with van der Waals surface area (Å²) in [6.07, 6.45) is 2.14. The minimum Gasteiger partial charge on any atom is -0.289 e. The van der Waals surface area contributed by atoms with Crippen molar-refractivity contribution in [1.82, 2.24) is 0 Å². The summed E-state index contributed by atoms with van der Waals surface area (Å²) < 4.78 is 0.763. The van der Waals surface area contributed by atoms with Gasteiger partial charge in [0.2, 0.25) is 0 Å². The predicted molar refractivity (Wildman–Crippen MR) is 83.0 cm³/mol. The highest BCUT2D eigenvalue weighted by Gasteiger charge is 2.13. The number of hydrogen-bond donors (Lipinski definition) is 0. The van der Waals surface area contributed by atoms with Gasteiger partial charge in [0.05, 0.1) is 0 Å². The van der Waals surface area contributed by atoms with Crippen molar-refractivity contribution in [3.8, 4) is 0 Å². The lowest BCUT2D eigenvalue weighted by molar-refractivity contribution is 0.103. The van der Waals surface area contributed by atoms with E-state index in [4.69, 9.17) is 11.6 Å². The number of ketones is 1. The summed E-state index contributed by atoms with van der Waals surface area (Å²) in [7, 11) is 0. The smallest absolute Gasteiger partial charge is 0.194 e. The Labute approximate surface area is 126 Å². The zero-order valence-electron chi connectivity index (χ0n) is 10.6. The average molecular weight is 338 g/mol. The van der Waals surface area contributed by atoms with Gasteiger partial charge >= 0.3 is 0 Å². The highest BCUT2D eigenvalue weighted by atomic mass is 79.9. The van der Waals surface area contributed by atoms with Crippen molar-refractivity contribution in [2.24, 2.45) is 0 Å². The van der Waals surface area contributed by atoms with Gasteiger partial charge in [0, 0.05) is 20.6 Å². The van der Waals surface area contributed by atoms with Gasteiger partial charge < -0.3 is 0 Å². The molecule has 2 aromatic carbocycles. The molecule has 0 aliphatic carbocycles. The maximum Gasteiger partial charge on any atom is 0.194 e. The van der Waals surface area contributed by atoms with Crippen LogP contribution in [0.15, 0.2) is 46.9 Å². The molecular weight excluding hydrogens is 324 g/mol. The van der Waals surface area contributed by atoms with Gasteiger partial charge in [-0.1, -0.05) is 65.1 Å². The number of halogens is 2. The van der Waals surface area contributed by atoms with Crippen LogP contribution in [0.2, 0.25) is 5.02 Å². The van der Waals surface area contributed by atoms with Crippen LogP contribution < -0.4 is 0 Å². The molecule has 2 aromatic rings. The van der Waals surface area contributed by atoms with Crippen molar-refractivity contribution in [2.45, 2.75) is 19.8 Å². The summed E-state index contributed by atoms with van der Waals surface area (Å²) in [5, 5.41) is 0.564. The normalized spacial score (nSPS) is 10.5. The lowest BCUT2D eigenvalue weighted by Crippen LogP contribution is -2.02. The first-order valence-corrected chi connectivity index (χ1v) is 7.37. The van der Waals surface area contributed by atoms with Gasteiger partial charge in [0.15, 0.2) is 5.78 Å². The van der Waals surface area contributed by atoms with E-state index in [1.807, 2.05) is 24.3 Å². The van der Waals surface area contributed by atoms with Gasteiger partial charge in [-0.25, -0.2) is 0 Å². The zero-order chi connectivity index (χ0) is 13.8. The second-order valence-corrected chi connectivity index (χ2v) is 5.69. The molecule has 0 N–H and O–H groups in total. The number of aryl methyl sites for hydroxylation is 1. The minimum atomic E-state index is -0.0163. The molecule has 0 heterocycles. The highest BCUT2D eigenvalue weighted by Crippen LogP contribution is 2.24. The largest absolute Gasteiger partial charge is 0.289 e. The van der Waals surface area contributed by atoms with Crippen LogP contribution >= 0.6 is 27.5 Å². The van der Waals surface area contributed by atoms with Crippen LogP contribution in [0.3, 0.4) is 0 Å². The molecule has 0 unspecified atom stereocenters. The predicted octanol–water partition coefficient (Wildman–Crippen LogP) is 5.29. The van der Waals surface area contributed by atoms with Crippen LogP contribution in [-0.4, -0.2) is 5.78 Å². The number of carbonyl (C=O) groups excluding carboxylic acids is 1. The fraction of sp³-hybridized carbons (Fsp3) is 0.188. The van der Waals surface area contributed by atoms with Gasteiger partial charge in [-0.05, 0) is 30.2 Å². The highest BCUT2D eigenvalue weighted by molar-refractivity contribution is 9.10. The first-order chi connectivity index (χ1) is 9.11. The number of benzene rings is 2. The molecule has 3 heteroatoms. The van der Waals surface area contributed by atoms with Gasteiger partial charge in [-0.15, -0.1) is 0 Å². The van der Waals surface area contributed by atoms with Gasteiger partial charge in [-0.2, -0.15) is 0 Å². The molecule has 0 fully saturated rings. The van der Waals surface area contributed by atoms with E-state index in [0.717, 1.165) is 17.3 Å². The Bertz CT molecular complexity index is 590. The summed E-state index contributed by atoms with van der Waals surface area (Å²) in [5.41, 5.74) is 2.53. The Kier molecular flexibility index (Phi) is 4.78. The molecule has 19 heavy (non-hydrogen) atoms. The second kappa shape index (κ2) is 6.36. The maximum absolute atomic E-state index is 12.4. The van der Waals surface area contributed by atoms with E-state index in [1.54, 1.807) is 18.2 Å². The van der Waals surface area contributed by atoms with E-state index in [9.17, 15) is 4.79 Å². The molecule has 0 amide bonds. The van der Waals surface area contributed by atoms with Crippen LogP contribution in [0.25, 0.3) is 0 Å². The lowest BCUT2D eigenvalue weighted by Gasteiger charge is -2.06. The Balaban J connectivity index is 2.30. The number of hydrogen-bond acceptors (Lipinski definition) is 1. The third-order valence-corrected chi connectivity index (χ3v) is 3.85. The van der Waals surface area contributed by atoms with Crippen molar-refractivity contribution in [1.29, 1.82) is 0 Å². The molecule has 0 atom stereocenters. The van der Waals surface area contributed by atoms with E-state index in [0.29, 0.717) is 16.1 Å². The summed E-state index contributed by atoms with van der Waals surface area (Å²) in [4.78, 5) is 12.4. The molecule has 0 aliphatic heterocycles. The SMILES string of the molecule is CCCc1ccc(C(=O)c2cc(Cl)ccc2Br)cc1. The molecule has 2 rings (SSSR count). The third-order valence-electron chi connectivity index (χ3n) is 2.93. The van der Waals surface area contributed by atoms with Gasteiger partial charge in [0.25, 0.3) is 0 Å². The second-order valence-electron chi connectivity index (χ2n) is 4.40. The Morgan fingerprint density at radius 1 is 1.16 bits per heavy atom. The van der Waals surface area contributed by atoms with Crippen LogP contribution in [0.4, 0.5) is 0 Å². The third kappa shape index (κ3) is 3.46. The summed E-state index contributed by atoms with van der Waals surface area (Å²) in [6.45, 7) is 2.14. The molecule has 1 nitrogen and oxygen atoms in total. The topological polar surface area (TPSA) is 17.1 Å². The lowest BCUT2D eigenvalue weighted by atomic mass is 10.0. The maximum atomic E-state index is 12.4. The molecule has 0 saturated carbocycles. The molecule has 0 spiro atoms. The fourth-order valence-corrected chi connectivity index (χ4v) is 2.54. The summed E-state index contributed by atoms with van der Waals surface area (Å²) >= 11 is 9.33. The van der Waals surface area contributed by atoms with Gasteiger partial charge in [-0.3, -0.25) is 4.79 Å². The van der Waals surface area contributed by atoms with Crippen molar-refractivity contribution < 1.29 is 4.79 Å². The van der Waals surface area contributed by atoms with Crippen molar-refractivity contribution in [3.63, 3.8) is 0 Å². The van der Waals surface area contributed by atoms with E-state index in [1.165, 1.54) is 5.56 Å². The molecular formula is C16H14BrClO. The molecule has 0 bridgehead atoms. The summed E-state index contributed by atoms with van der Waals surface area (Å²) in [6, 6.07) is 13.0. The molecule has 0 radical (unpaired) electrons. The number of rotatable bonds is 4. The van der Waals surface area contributed by atoms with E-state index < -0.39 is 0 Å². The average Bonchev–Trinajstić information content (AvgIpc) is 2.42. The Morgan fingerprint density at radius 2 is 1.84 bits per heavy atom. The first kappa shape index (κ1) is 14.3. The molecule has 0 saturated heterocycles. The Hall–Kier alpha value is -1.12. The molecule has 0 aliphatic rings. The zero-order valence-corrected chi connectivity index (χ0v) is 13.0. The van der Waals surface area contributed by atoms with Crippen LogP contribution in [0.5, 0.6) is 0 Å². The monoisotopic (exact) mass is 336 g/mol. The standard InChI is InChI=1S/C16H14BrClO/c1-2-3-11-4-6-12(7-5-11)16(19)14-10-13(18)8-9-15(14)17/h4-10H,2-3H2,1H3. The minimum absolute atomic E-state index is 0.0163. The molecule has 98 valence electrons. The Morgan fingerprint density at radius 3 is 2.47 bits per heavy atom. The van der Waals surface area contributed by atoms with Crippen molar-refractivity contribution in [2.75, 3.05) is 0 Å².